The van der Waals surface area contributed by atoms with Crippen LogP contribution in [-0.4, -0.2) is 29.9 Å². The van der Waals surface area contributed by atoms with Gasteiger partial charge in [0.15, 0.2) is 12.5 Å². The molecule has 1 fully saturated rings. The molecule has 4 heteroatoms. The van der Waals surface area contributed by atoms with Crippen LogP contribution in [-0.2, 0) is 4.74 Å². The monoisotopic (exact) mass is 233 g/mol. The van der Waals surface area contributed by atoms with E-state index in [4.69, 9.17) is 9.84 Å². The Balaban J connectivity index is 2.30. The molecule has 3 nitrogen and oxygen atoms in total. The van der Waals surface area contributed by atoms with Crippen molar-refractivity contribution in [2.45, 2.75) is 46.6 Å². The van der Waals surface area contributed by atoms with Gasteiger partial charge < -0.3 is 9.84 Å². The number of hydrogen-bond donors (Lipinski definition) is 3. The van der Waals surface area contributed by atoms with Gasteiger partial charge in [-0.2, -0.15) is 12.6 Å². The van der Waals surface area contributed by atoms with Crippen molar-refractivity contribution < 1.29 is 9.84 Å². The van der Waals surface area contributed by atoms with E-state index in [2.05, 4.69) is 45.6 Å². The average molecular weight is 233 g/mol. The maximum absolute atomic E-state index is 9.01. The summed E-state index contributed by atoms with van der Waals surface area (Å²) in [6.45, 7) is 9.75. The third-order valence-electron chi connectivity index (χ3n) is 2.64. The van der Waals surface area contributed by atoms with E-state index in [1.807, 2.05) is 0 Å². The first-order chi connectivity index (χ1) is 6.76. The Bertz CT molecular complexity index is 219. The van der Waals surface area contributed by atoms with Crippen molar-refractivity contribution in [2.24, 2.45) is 10.8 Å². The SMILES string of the molecule is CC(C)(CS)CC(C)(C)CNC1OC1O. The molecule has 0 aromatic rings. The Morgan fingerprint density at radius 3 is 2.20 bits per heavy atom. The van der Waals surface area contributed by atoms with Gasteiger partial charge >= 0.3 is 0 Å². The molecule has 0 aliphatic carbocycles. The van der Waals surface area contributed by atoms with E-state index in [0.29, 0.717) is 0 Å². The molecule has 0 bridgehead atoms. The molecule has 0 saturated carbocycles. The Morgan fingerprint density at radius 1 is 1.27 bits per heavy atom. The van der Waals surface area contributed by atoms with Crippen LogP contribution >= 0.6 is 12.6 Å². The quantitative estimate of drug-likeness (QED) is 0.482. The Morgan fingerprint density at radius 2 is 1.80 bits per heavy atom. The summed E-state index contributed by atoms with van der Waals surface area (Å²) in [7, 11) is 0. The normalized spacial score (nSPS) is 26.8. The standard InChI is InChI=1S/C11H23NO2S/c1-10(2,5-11(3,4)7-15)6-12-8-9(13)14-8/h8-9,12-13,15H,5-7H2,1-4H3. The van der Waals surface area contributed by atoms with Gasteiger partial charge in [-0.3, -0.25) is 5.32 Å². The molecule has 2 unspecified atom stereocenters. The van der Waals surface area contributed by atoms with Crippen molar-refractivity contribution in [2.75, 3.05) is 12.3 Å². The second kappa shape index (κ2) is 4.62. The van der Waals surface area contributed by atoms with Crippen LogP contribution in [0.2, 0.25) is 0 Å². The highest BCUT2D eigenvalue weighted by molar-refractivity contribution is 7.80. The topological polar surface area (TPSA) is 44.8 Å². The highest BCUT2D eigenvalue weighted by atomic mass is 32.1. The molecule has 0 amide bonds. The number of aliphatic hydroxyl groups excluding tert-OH is 1. The molecule has 0 spiro atoms. The minimum Gasteiger partial charge on any atom is -0.365 e. The molecule has 0 aromatic carbocycles. The van der Waals surface area contributed by atoms with Gasteiger partial charge in [0.2, 0.25) is 0 Å². The van der Waals surface area contributed by atoms with Gasteiger partial charge in [0.1, 0.15) is 0 Å². The molecule has 2 N–H and O–H groups in total. The van der Waals surface area contributed by atoms with Crippen LogP contribution < -0.4 is 5.32 Å². The molecule has 2 atom stereocenters. The lowest BCUT2D eigenvalue weighted by Gasteiger charge is -2.34. The van der Waals surface area contributed by atoms with Gasteiger partial charge in [-0.15, -0.1) is 0 Å². The minimum absolute atomic E-state index is 0.150. The fraction of sp³-hybridized carbons (Fsp3) is 1.00. The number of hydrogen-bond acceptors (Lipinski definition) is 4. The predicted octanol–water partition coefficient (Wildman–Crippen LogP) is 1.62. The Hall–Kier alpha value is 0.230. The largest absolute Gasteiger partial charge is 0.365 e. The van der Waals surface area contributed by atoms with Crippen molar-refractivity contribution in [3.8, 4) is 0 Å². The van der Waals surface area contributed by atoms with E-state index < -0.39 is 6.29 Å². The molecule has 15 heavy (non-hydrogen) atoms. The van der Waals surface area contributed by atoms with E-state index in [1.54, 1.807) is 0 Å². The Kier molecular flexibility index (Phi) is 4.09. The summed E-state index contributed by atoms with van der Waals surface area (Å²) in [5.74, 6) is 0.888. The van der Waals surface area contributed by atoms with Crippen LogP contribution in [0, 0.1) is 10.8 Å². The summed E-state index contributed by atoms with van der Waals surface area (Å²) in [5, 5.41) is 12.2. The molecular weight excluding hydrogens is 210 g/mol. The number of aliphatic hydroxyl groups is 1. The third-order valence-corrected chi connectivity index (χ3v) is 3.49. The van der Waals surface area contributed by atoms with Crippen LogP contribution in [0.15, 0.2) is 0 Å². The molecule has 1 saturated heterocycles. The first-order valence-corrected chi connectivity index (χ1v) is 6.07. The molecular formula is C11H23NO2S. The van der Waals surface area contributed by atoms with Crippen molar-refractivity contribution in [3.63, 3.8) is 0 Å². The zero-order chi connectivity index (χ0) is 11.7. The molecule has 1 aliphatic rings. The third kappa shape index (κ3) is 4.72. The summed E-state index contributed by atoms with van der Waals surface area (Å²) in [6, 6.07) is 0. The zero-order valence-corrected chi connectivity index (χ0v) is 11.0. The van der Waals surface area contributed by atoms with Crippen LogP contribution in [0.3, 0.4) is 0 Å². The van der Waals surface area contributed by atoms with Gasteiger partial charge in [0, 0.05) is 6.54 Å². The van der Waals surface area contributed by atoms with Crippen LogP contribution in [0.25, 0.3) is 0 Å². The summed E-state index contributed by atoms with van der Waals surface area (Å²) in [5.41, 5.74) is 0.440. The highest BCUT2D eigenvalue weighted by Crippen LogP contribution is 2.34. The molecule has 1 heterocycles. The lowest BCUT2D eigenvalue weighted by molar-refractivity contribution is 0.155. The average Bonchev–Trinajstić information content (AvgIpc) is 2.77. The second-order valence-electron chi connectivity index (χ2n) is 5.99. The first kappa shape index (κ1) is 13.3. The van der Waals surface area contributed by atoms with Crippen molar-refractivity contribution >= 4 is 12.6 Å². The van der Waals surface area contributed by atoms with E-state index in [9.17, 15) is 0 Å². The van der Waals surface area contributed by atoms with E-state index in [-0.39, 0.29) is 17.1 Å². The van der Waals surface area contributed by atoms with Crippen molar-refractivity contribution in [1.29, 1.82) is 0 Å². The van der Waals surface area contributed by atoms with Gasteiger partial charge in [0.05, 0.1) is 0 Å². The predicted molar refractivity (Wildman–Crippen MR) is 64.9 cm³/mol. The van der Waals surface area contributed by atoms with Gasteiger partial charge in [-0.25, -0.2) is 0 Å². The number of epoxide rings is 1. The van der Waals surface area contributed by atoms with E-state index >= 15 is 0 Å². The van der Waals surface area contributed by atoms with E-state index in [1.165, 1.54) is 0 Å². The smallest absolute Gasteiger partial charge is 0.197 e. The summed E-state index contributed by atoms with van der Waals surface area (Å²) >= 11 is 4.36. The molecule has 1 aliphatic heterocycles. The number of thiol groups is 1. The molecule has 1 rings (SSSR count). The summed E-state index contributed by atoms with van der Waals surface area (Å²) in [4.78, 5) is 0. The van der Waals surface area contributed by atoms with Crippen molar-refractivity contribution in [3.05, 3.63) is 0 Å². The molecule has 0 radical (unpaired) electrons. The fourth-order valence-electron chi connectivity index (χ4n) is 2.04. The Labute approximate surface area is 98.0 Å². The zero-order valence-electron chi connectivity index (χ0n) is 10.1. The lowest BCUT2D eigenvalue weighted by atomic mass is 9.76. The van der Waals surface area contributed by atoms with Crippen LogP contribution in [0.4, 0.5) is 0 Å². The van der Waals surface area contributed by atoms with Crippen molar-refractivity contribution in [1.82, 2.24) is 5.32 Å². The number of nitrogens with one attached hydrogen (secondary N) is 1. The second-order valence-corrected chi connectivity index (χ2v) is 6.31. The lowest BCUT2D eigenvalue weighted by Crippen LogP contribution is -2.36. The van der Waals surface area contributed by atoms with Gasteiger partial charge in [0.25, 0.3) is 0 Å². The number of rotatable bonds is 6. The van der Waals surface area contributed by atoms with Crippen LogP contribution in [0.5, 0.6) is 0 Å². The molecule has 90 valence electrons. The highest BCUT2D eigenvalue weighted by Gasteiger charge is 2.38. The van der Waals surface area contributed by atoms with Gasteiger partial charge in [-0.05, 0) is 23.0 Å². The van der Waals surface area contributed by atoms with E-state index in [0.717, 1.165) is 18.7 Å². The minimum atomic E-state index is -0.598. The fourth-order valence-corrected chi connectivity index (χ4v) is 2.16. The summed E-state index contributed by atoms with van der Waals surface area (Å²) < 4.78 is 4.90. The van der Waals surface area contributed by atoms with Crippen LogP contribution in [0.1, 0.15) is 34.1 Å². The first-order valence-electron chi connectivity index (χ1n) is 5.44. The maximum atomic E-state index is 9.01. The van der Waals surface area contributed by atoms with Gasteiger partial charge in [-0.1, -0.05) is 27.7 Å². The molecule has 0 aromatic heterocycles. The number of ether oxygens (including phenoxy) is 1. The maximum Gasteiger partial charge on any atom is 0.197 e. The summed E-state index contributed by atoms with van der Waals surface area (Å²) in [6.07, 6.45) is 0.348.